The summed E-state index contributed by atoms with van der Waals surface area (Å²) < 4.78 is 24.9. The van der Waals surface area contributed by atoms with Crippen molar-refractivity contribution >= 4 is 27.3 Å². The van der Waals surface area contributed by atoms with E-state index < -0.39 is 9.84 Å². The quantitative estimate of drug-likeness (QED) is 0.762. The normalized spacial score (nSPS) is 15.5. The van der Waals surface area contributed by atoms with Crippen molar-refractivity contribution < 1.29 is 8.42 Å². The third-order valence-electron chi connectivity index (χ3n) is 4.55. The van der Waals surface area contributed by atoms with Crippen molar-refractivity contribution in [2.45, 2.75) is 4.90 Å². The number of piperazine rings is 1. The molecule has 0 aliphatic carbocycles. The predicted octanol–water partition coefficient (Wildman–Crippen LogP) is 0.335. The van der Waals surface area contributed by atoms with Crippen LogP contribution in [0, 0.1) is 11.3 Å². The maximum atomic E-state index is 12.5. The molecule has 0 saturated carbocycles. The van der Waals surface area contributed by atoms with Gasteiger partial charge < -0.3 is 21.3 Å². The number of likely N-dealkylation sites (N-methyl/N-ethyl adjacent to an activating group) is 1. The number of hydrogen-bond acceptors (Lipinski definition) is 9. The highest BCUT2D eigenvalue weighted by Gasteiger charge is 2.23. The van der Waals surface area contributed by atoms with E-state index in [1.54, 1.807) is 12.1 Å². The molecule has 1 aromatic heterocycles. The van der Waals surface area contributed by atoms with Gasteiger partial charge in [-0.2, -0.15) is 10.2 Å². The van der Waals surface area contributed by atoms with Crippen LogP contribution in [0.4, 0.5) is 17.5 Å². The van der Waals surface area contributed by atoms with Gasteiger partial charge in [-0.1, -0.05) is 0 Å². The molecule has 2 heterocycles. The van der Waals surface area contributed by atoms with Gasteiger partial charge in [0.2, 0.25) is 5.95 Å². The van der Waals surface area contributed by atoms with E-state index >= 15 is 0 Å². The predicted molar refractivity (Wildman–Crippen MR) is 104 cm³/mol. The first-order valence-corrected chi connectivity index (χ1v) is 10.2. The van der Waals surface area contributed by atoms with Crippen LogP contribution in [-0.4, -0.2) is 62.8 Å². The first-order valence-electron chi connectivity index (χ1n) is 8.31. The van der Waals surface area contributed by atoms with Crippen LogP contribution in [0.1, 0.15) is 5.56 Å². The Morgan fingerprint density at radius 1 is 1.15 bits per heavy atom. The van der Waals surface area contributed by atoms with Crippen LogP contribution in [0.5, 0.6) is 0 Å². The fourth-order valence-corrected chi connectivity index (χ4v) is 3.97. The minimum atomic E-state index is -3.59. The number of sulfone groups is 1. The van der Waals surface area contributed by atoms with Crippen molar-refractivity contribution in [1.29, 1.82) is 5.26 Å². The minimum Gasteiger partial charge on any atom is -0.382 e. The first kappa shape index (κ1) is 18.9. The molecular weight excluding hydrogens is 366 g/mol. The standard InChI is InChI=1S/C17H21N7O2S/c1-23-5-7-24(8-6-23)11-3-4-12(14(9-11)27(2,25)26)15-13(10-18)16(19)22-17(20)21-15/h3-4,9H,5-8H2,1-2H3,(H4,19,20,21,22). The molecule has 1 fully saturated rings. The summed E-state index contributed by atoms with van der Waals surface area (Å²) in [6, 6.07) is 7.02. The van der Waals surface area contributed by atoms with E-state index in [-0.39, 0.29) is 33.5 Å². The molecule has 0 bridgehead atoms. The van der Waals surface area contributed by atoms with Gasteiger partial charge in [-0.15, -0.1) is 0 Å². The third kappa shape index (κ3) is 3.79. The number of rotatable bonds is 3. The Labute approximate surface area is 158 Å². The van der Waals surface area contributed by atoms with Crippen LogP contribution in [0.3, 0.4) is 0 Å². The summed E-state index contributed by atoms with van der Waals surface area (Å²) in [5.74, 6) is -0.202. The van der Waals surface area contributed by atoms with Crippen LogP contribution >= 0.6 is 0 Å². The van der Waals surface area contributed by atoms with Crippen LogP contribution in [0.25, 0.3) is 11.3 Å². The van der Waals surface area contributed by atoms with Gasteiger partial charge in [-0.3, -0.25) is 0 Å². The van der Waals surface area contributed by atoms with Gasteiger partial charge in [0, 0.05) is 43.7 Å². The van der Waals surface area contributed by atoms with E-state index in [1.165, 1.54) is 0 Å². The van der Waals surface area contributed by atoms with Crippen molar-refractivity contribution in [3.8, 4) is 17.3 Å². The Morgan fingerprint density at radius 2 is 1.81 bits per heavy atom. The number of nitrogens with two attached hydrogens (primary N) is 2. The Hall–Kier alpha value is -2.90. The lowest BCUT2D eigenvalue weighted by molar-refractivity contribution is 0.313. The van der Waals surface area contributed by atoms with Crippen molar-refractivity contribution in [1.82, 2.24) is 14.9 Å². The summed E-state index contributed by atoms with van der Waals surface area (Å²) in [5.41, 5.74) is 12.6. The number of nitrogens with zero attached hydrogens (tertiary/aromatic N) is 5. The third-order valence-corrected chi connectivity index (χ3v) is 5.69. The number of anilines is 3. The molecule has 2 aromatic rings. The summed E-state index contributed by atoms with van der Waals surface area (Å²) in [6.45, 7) is 3.40. The number of benzene rings is 1. The maximum Gasteiger partial charge on any atom is 0.222 e. The highest BCUT2D eigenvalue weighted by atomic mass is 32.2. The summed E-state index contributed by atoms with van der Waals surface area (Å²) in [7, 11) is -1.54. The zero-order valence-electron chi connectivity index (χ0n) is 15.2. The second-order valence-corrected chi connectivity index (χ2v) is 8.53. The van der Waals surface area contributed by atoms with Gasteiger partial charge in [-0.25, -0.2) is 13.4 Å². The second kappa shape index (κ2) is 7.02. The molecule has 10 heteroatoms. The second-order valence-electron chi connectivity index (χ2n) is 6.55. The molecule has 1 aromatic carbocycles. The first-order chi connectivity index (χ1) is 12.7. The molecule has 4 N–H and O–H groups in total. The summed E-state index contributed by atoms with van der Waals surface area (Å²) in [6.07, 6.45) is 1.12. The number of aromatic nitrogens is 2. The number of nitriles is 1. The van der Waals surface area contributed by atoms with Crippen molar-refractivity contribution in [3.63, 3.8) is 0 Å². The average Bonchev–Trinajstić information content (AvgIpc) is 2.60. The molecule has 0 amide bonds. The molecule has 3 rings (SSSR count). The van der Waals surface area contributed by atoms with Crippen LogP contribution in [-0.2, 0) is 9.84 Å². The molecule has 1 aliphatic heterocycles. The maximum absolute atomic E-state index is 12.5. The van der Waals surface area contributed by atoms with E-state index in [0.717, 1.165) is 38.1 Å². The zero-order chi connectivity index (χ0) is 19.8. The lowest BCUT2D eigenvalue weighted by Gasteiger charge is -2.34. The molecule has 0 atom stereocenters. The highest BCUT2D eigenvalue weighted by molar-refractivity contribution is 7.90. The summed E-state index contributed by atoms with van der Waals surface area (Å²) in [4.78, 5) is 12.3. The van der Waals surface area contributed by atoms with Crippen molar-refractivity contribution in [3.05, 3.63) is 23.8 Å². The van der Waals surface area contributed by atoms with Gasteiger partial charge in [-0.05, 0) is 25.2 Å². The minimum absolute atomic E-state index is 0.00134. The lowest BCUT2D eigenvalue weighted by atomic mass is 10.1. The Bertz CT molecular complexity index is 1020. The highest BCUT2D eigenvalue weighted by Crippen LogP contribution is 2.34. The van der Waals surface area contributed by atoms with Gasteiger partial charge in [0.05, 0.1) is 10.6 Å². The van der Waals surface area contributed by atoms with E-state index in [9.17, 15) is 13.7 Å². The van der Waals surface area contributed by atoms with Crippen LogP contribution < -0.4 is 16.4 Å². The van der Waals surface area contributed by atoms with E-state index in [1.807, 2.05) is 12.1 Å². The van der Waals surface area contributed by atoms with Gasteiger partial charge in [0.15, 0.2) is 9.84 Å². The lowest BCUT2D eigenvalue weighted by Crippen LogP contribution is -2.44. The Balaban J connectivity index is 2.17. The molecule has 9 nitrogen and oxygen atoms in total. The van der Waals surface area contributed by atoms with Crippen LogP contribution in [0.15, 0.2) is 23.1 Å². The number of hydrogen-bond donors (Lipinski definition) is 2. The topological polar surface area (TPSA) is 142 Å². The van der Waals surface area contributed by atoms with Gasteiger partial charge in [0.25, 0.3) is 0 Å². The monoisotopic (exact) mass is 387 g/mol. The molecular formula is C17H21N7O2S. The smallest absolute Gasteiger partial charge is 0.222 e. The Morgan fingerprint density at radius 3 is 2.41 bits per heavy atom. The summed E-state index contributed by atoms with van der Waals surface area (Å²) in [5, 5.41) is 9.42. The average molecular weight is 387 g/mol. The number of nitrogen functional groups attached to an aromatic ring is 2. The van der Waals surface area contributed by atoms with E-state index in [4.69, 9.17) is 11.5 Å². The molecule has 0 unspecified atom stereocenters. The van der Waals surface area contributed by atoms with Gasteiger partial charge >= 0.3 is 0 Å². The molecule has 27 heavy (non-hydrogen) atoms. The van der Waals surface area contributed by atoms with E-state index in [0.29, 0.717) is 0 Å². The summed E-state index contributed by atoms with van der Waals surface area (Å²) >= 11 is 0. The molecule has 0 spiro atoms. The largest absolute Gasteiger partial charge is 0.382 e. The fraction of sp³-hybridized carbons (Fsp3) is 0.353. The molecule has 0 radical (unpaired) electrons. The molecule has 142 valence electrons. The van der Waals surface area contributed by atoms with E-state index in [2.05, 4.69) is 26.8 Å². The van der Waals surface area contributed by atoms with Crippen molar-refractivity contribution in [2.24, 2.45) is 0 Å². The van der Waals surface area contributed by atoms with Crippen molar-refractivity contribution in [2.75, 3.05) is 55.8 Å². The molecule has 1 aliphatic rings. The van der Waals surface area contributed by atoms with Gasteiger partial charge in [0.1, 0.15) is 17.5 Å². The SMILES string of the molecule is CN1CCN(c2ccc(-c3nc(N)nc(N)c3C#N)c(S(C)(=O)=O)c2)CC1. The molecule has 1 saturated heterocycles. The van der Waals surface area contributed by atoms with Crippen LogP contribution in [0.2, 0.25) is 0 Å². The fourth-order valence-electron chi connectivity index (χ4n) is 3.08. The zero-order valence-corrected chi connectivity index (χ0v) is 16.0. The Kier molecular flexibility index (Phi) is 4.91.